The van der Waals surface area contributed by atoms with E-state index in [1.54, 1.807) is 4.90 Å². The summed E-state index contributed by atoms with van der Waals surface area (Å²) in [5.41, 5.74) is 0. The molecule has 0 saturated carbocycles. The van der Waals surface area contributed by atoms with Crippen molar-refractivity contribution in [2.24, 2.45) is 0 Å². The minimum absolute atomic E-state index is 0.00426. The number of methoxy groups -OCH3 is 1. The van der Waals surface area contributed by atoms with E-state index in [9.17, 15) is 14.4 Å². The fraction of sp³-hybridized carbons (Fsp3) is 0.800. The molecule has 2 N–H and O–H groups in total. The topological polar surface area (TPSA) is 87.7 Å². The highest BCUT2D eigenvalue weighted by atomic mass is 16.5. The van der Waals surface area contributed by atoms with Crippen LogP contribution in [0.3, 0.4) is 0 Å². The number of hydrogen-bond acceptors (Lipinski definition) is 4. The van der Waals surface area contributed by atoms with Crippen LogP contribution in [0.25, 0.3) is 0 Å². The highest BCUT2D eigenvalue weighted by Gasteiger charge is 2.26. The largest absolute Gasteiger partial charge is 0.453 e. The molecule has 0 radical (unpaired) electrons. The summed E-state index contributed by atoms with van der Waals surface area (Å²) in [6.07, 6.45) is 3.48. The monoisotopic (exact) mass is 315 g/mol. The molecule has 22 heavy (non-hydrogen) atoms. The molecule has 0 aromatic heterocycles. The van der Waals surface area contributed by atoms with Crippen LogP contribution in [0.4, 0.5) is 4.79 Å². The number of carbonyl (C=O) groups excluding carboxylic acids is 3. The number of nitrogens with zero attached hydrogens (tertiary/aromatic N) is 1. The molecule has 3 amide bonds. The van der Waals surface area contributed by atoms with Gasteiger partial charge in [0.1, 0.15) is 6.54 Å². The van der Waals surface area contributed by atoms with Crippen LogP contribution >= 0.6 is 0 Å². The van der Waals surface area contributed by atoms with Crippen molar-refractivity contribution in [3.63, 3.8) is 0 Å². The SMILES string of the molecule is CCC.COC(=O)NCC(=O)N1CCCCC1CNC(C)=O. The Morgan fingerprint density at radius 3 is 2.36 bits per heavy atom. The van der Waals surface area contributed by atoms with Gasteiger partial charge in [-0.25, -0.2) is 4.79 Å². The Balaban J connectivity index is 0.00000135. The van der Waals surface area contributed by atoms with Gasteiger partial charge < -0.3 is 20.3 Å². The van der Waals surface area contributed by atoms with E-state index in [-0.39, 0.29) is 24.4 Å². The molecule has 1 aliphatic heterocycles. The molecule has 0 aliphatic carbocycles. The molecule has 1 saturated heterocycles. The van der Waals surface area contributed by atoms with Crippen molar-refractivity contribution in [3.05, 3.63) is 0 Å². The number of carbonyl (C=O) groups is 3. The number of hydrogen-bond donors (Lipinski definition) is 2. The van der Waals surface area contributed by atoms with Gasteiger partial charge in [-0.2, -0.15) is 0 Å². The second-order valence-electron chi connectivity index (χ2n) is 5.23. The fourth-order valence-corrected chi connectivity index (χ4v) is 2.12. The molecule has 7 heteroatoms. The average molecular weight is 315 g/mol. The van der Waals surface area contributed by atoms with Crippen molar-refractivity contribution in [1.82, 2.24) is 15.5 Å². The van der Waals surface area contributed by atoms with Crippen molar-refractivity contribution < 1.29 is 19.1 Å². The zero-order chi connectivity index (χ0) is 17.0. The normalized spacial score (nSPS) is 16.9. The van der Waals surface area contributed by atoms with Crippen LogP contribution in [0.1, 0.15) is 46.5 Å². The van der Waals surface area contributed by atoms with Crippen molar-refractivity contribution in [2.45, 2.75) is 52.5 Å². The van der Waals surface area contributed by atoms with Gasteiger partial charge in [-0.05, 0) is 19.3 Å². The van der Waals surface area contributed by atoms with Crippen LogP contribution in [0.5, 0.6) is 0 Å². The lowest BCUT2D eigenvalue weighted by Gasteiger charge is -2.35. The summed E-state index contributed by atoms with van der Waals surface area (Å²) in [7, 11) is 1.25. The lowest BCUT2D eigenvalue weighted by Crippen LogP contribution is -2.51. The second-order valence-corrected chi connectivity index (χ2v) is 5.23. The third-order valence-electron chi connectivity index (χ3n) is 3.10. The van der Waals surface area contributed by atoms with Gasteiger partial charge in [0.05, 0.1) is 7.11 Å². The molecule has 1 rings (SSSR count). The van der Waals surface area contributed by atoms with Crippen molar-refractivity contribution in [2.75, 3.05) is 26.7 Å². The Morgan fingerprint density at radius 2 is 1.82 bits per heavy atom. The van der Waals surface area contributed by atoms with Crippen LogP contribution < -0.4 is 10.6 Å². The molecule has 0 spiro atoms. The lowest BCUT2D eigenvalue weighted by atomic mass is 10.0. The predicted molar refractivity (Wildman–Crippen MR) is 84.4 cm³/mol. The highest BCUT2D eigenvalue weighted by molar-refractivity contribution is 5.82. The van der Waals surface area contributed by atoms with Gasteiger partial charge in [0.2, 0.25) is 11.8 Å². The Morgan fingerprint density at radius 1 is 1.18 bits per heavy atom. The van der Waals surface area contributed by atoms with Gasteiger partial charge in [0.15, 0.2) is 0 Å². The molecule has 1 heterocycles. The Bertz CT molecular complexity index is 361. The first-order valence-electron chi connectivity index (χ1n) is 7.81. The molecular formula is C15H29N3O4. The van der Waals surface area contributed by atoms with Crippen LogP contribution in [-0.4, -0.2) is 55.6 Å². The lowest BCUT2D eigenvalue weighted by molar-refractivity contribution is -0.134. The molecule has 1 atom stereocenters. The van der Waals surface area contributed by atoms with Crippen LogP contribution in [0, 0.1) is 0 Å². The van der Waals surface area contributed by atoms with Gasteiger partial charge in [-0.1, -0.05) is 20.3 Å². The molecular weight excluding hydrogens is 286 g/mol. The van der Waals surface area contributed by atoms with E-state index in [1.807, 2.05) is 0 Å². The zero-order valence-electron chi connectivity index (χ0n) is 14.1. The van der Waals surface area contributed by atoms with Gasteiger partial charge >= 0.3 is 6.09 Å². The summed E-state index contributed by atoms with van der Waals surface area (Å²) >= 11 is 0. The third kappa shape index (κ3) is 8.49. The van der Waals surface area contributed by atoms with E-state index in [0.29, 0.717) is 13.1 Å². The summed E-state index contributed by atoms with van der Waals surface area (Å²) in [6, 6.07) is 0.00426. The number of amides is 3. The second kappa shape index (κ2) is 11.8. The number of nitrogens with one attached hydrogen (secondary N) is 2. The summed E-state index contributed by atoms with van der Waals surface area (Å²) in [4.78, 5) is 35.6. The van der Waals surface area contributed by atoms with E-state index in [0.717, 1.165) is 19.3 Å². The standard InChI is InChI=1S/C12H21N3O4.C3H8/c1-9(16)13-7-10-5-3-4-6-15(10)11(17)8-14-12(18)19-2;1-3-2/h10H,3-8H2,1-2H3,(H,13,16)(H,14,18);3H2,1-2H3. The molecule has 128 valence electrons. The van der Waals surface area contributed by atoms with Crippen molar-refractivity contribution in [3.8, 4) is 0 Å². The maximum absolute atomic E-state index is 12.0. The number of likely N-dealkylation sites (tertiary alicyclic amines) is 1. The third-order valence-corrected chi connectivity index (χ3v) is 3.10. The first-order chi connectivity index (χ1) is 10.5. The zero-order valence-corrected chi connectivity index (χ0v) is 14.1. The number of rotatable bonds is 4. The Hall–Kier alpha value is -1.79. The van der Waals surface area contributed by atoms with Gasteiger partial charge in [-0.3, -0.25) is 9.59 Å². The highest BCUT2D eigenvalue weighted by Crippen LogP contribution is 2.16. The van der Waals surface area contributed by atoms with Crippen LogP contribution in [-0.2, 0) is 14.3 Å². The summed E-state index contributed by atoms with van der Waals surface area (Å²) in [5, 5.41) is 5.11. The summed E-state index contributed by atoms with van der Waals surface area (Å²) in [6.45, 7) is 6.74. The molecule has 0 bridgehead atoms. The summed E-state index contributed by atoms with van der Waals surface area (Å²) in [5.74, 6) is -0.258. The summed E-state index contributed by atoms with van der Waals surface area (Å²) < 4.78 is 4.42. The first-order valence-corrected chi connectivity index (χ1v) is 7.81. The quantitative estimate of drug-likeness (QED) is 0.818. The van der Waals surface area contributed by atoms with E-state index in [1.165, 1.54) is 20.5 Å². The van der Waals surface area contributed by atoms with Gasteiger partial charge in [0, 0.05) is 26.1 Å². The van der Waals surface area contributed by atoms with Crippen LogP contribution in [0.2, 0.25) is 0 Å². The van der Waals surface area contributed by atoms with E-state index in [2.05, 4.69) is 29.2 Å². The maximum atomic E-state index is 12.0. The van der Waals surface area contributed by atoms with Crippen molar-refractivity contribution >= 4 is 17.9 Å². The molecule has 0 aromatic carbocycles. The van der Waals surface area contributed by atoms with Gasteiger partial charge in [-0.15, -0.1) is 0 Å². The number of ether oxygens (including phenoxy) is 1. The minimum Gasteiger partial charge on any atom is -0.453 e. The van der Waals surface area contributed by atoms with E-state index < -0.39 is 6.09 Å². The molecule has 1 unspecified atom stereocenters. The Kier molecular flexibility index (Phi) is 10.9. The molecule has 1 aliphatic rings. The smallest absolute Gasteiger partial charge is 0.407 e. The van der Waals surface area contributed by atoms with E-state index >= 15 is 0 Å². The van der Waals surface area contributed by atoms with Crippen molar-refractivity contribution in [1.29, 1.82) is 0 Å². The Labute approximate surface area is 132 Å². The molecule has 0 aromatic rings. The number of piperidine rings is 1. The molecule has 1 fully saturated rings. The minimum atomic E-state index is -0.622. The average Bonchev–Trinajstić information content (AvgIpc) is 2.51. The fourth-order valence-electron chi connectivity index (χ4n) is 2.12. The van der Waals surface area contributed by atoms with E-state index in [4.69, 9.17) is 0 Å². The first kappa shape index (κ1) is 20.2. The number of alkyl carbamates (subject to hydrolysis) is 1. The maximum Gasteiger partial charge on any atom is 0.407 e. The predicted octanol–water partition coefficient (Wildman–Crippen LogP) is 1.28. The van der Waals surface area contributed by atoms with Gasteiger partial charge in [0.25, 0.3) is 0 Å². The van der Waals surface area contributed by atoms with Crippen LogP contribution in [0.15, 0.2) is 0 Å². The molecule has 7 nitrogen and oxygen atoms in total.